The van der Waals surface area contributed by atoms with Crippen LogP contribution in [0.4, 0.5) is 5.95 Å². The molecule has 2 N–H and O–H groups in total. The first-order valence-corrected chi connectivity index (χ1v) is 12.3. The highest BCUT2D eigenvalue weighted by molar-refractivity contribution is 6.33. The van der Waals surface area contributed by atoms with Crippen molar-refractivity contribution < 1.29 is 4.74 Å². The minimum absolute atomic E-state index is 0.0875. The van der Waals surface area contributed by atoms with Crippen LogP contribution >= 0.6 is 11.6 Å². The first kappa shape index (κ1) is 24.2. The van der Waals surface area contributed by atoms with Crippen molar-refractivity contribution in [1.29, 1.82) is 0 Å². The highest BCUT2D eigenvalue weighted by atomic mass is 35.5. The van der Waals surface area contributed by atoms with Crippen LogP contribution in [0.2, 0.25) is 5.02 Å². The van der Waals surface area contributed by atoms with E-state index in [0.29, 0.717) is 64.9 Å². The molecule has 0 radical (unpaired) electrons. The van der Waals surface area contributed by atoms with Crippen LogP contribution in [0, 0.1) is 0 Å². The lowest BCUT2D eigenvalue weighted by molar-refractivity contribution is 0.0183. The number of aryl methyl sites for hydroxylation is 1. The molecule has 0 aliphatic carbocycles. The quantitative estimate of drug-likeness (QED) is 0.414. The van der Waals surface area contributed by atoms with Gasteiger partial charge in [0.15, 0.2) is 0 Å². The van der Waals surface area contributed by atoms with E-state index in [-0.39, 0.29) is 17.2 Å². The third-order valence-corrected chi connectivity index (χ3v) is 6.68. The second-order valence-corrected chi connectivity index (χ2v) is 9.03. The van der Waals surface area contributed by atoms with Crippen LogP contribution in [-0.2, 0) is 17.7 Å². The van der Waals surface area contributed by atoms with Crippen LogP contribution in [0.15, 0.2) is 58.4 Å². The molecule has 1 saturated heterocycles. The maximum Gasteiger partial charge on any atom is 0.260 e. The number of aromatic nitrogens is 4. The molecule has 1 fully saturated rings. The molecule has 0 bridgehead atoms. The Hall–Kier alpha value is -3.53. The molecule has 186 valence electrons. The molecule has 10 heteroatoms. The number of fused-ring (bicyclic) bond motifs is 1. The summed E-state index contributed by atoms with van der Waals surface area (Å²) in [5.41, 5.74) is 2.56. The largest absolute Gasteiger partial charge is 0.374 e. The Kier molecular flexibility index (Phi) is 6.86. The Bertz CT molecular complexity index is 1540. The molecule has 36 heavy (non-hydrogen) atoms. The van der Waals surface area contributed by atoms with Gasteiger partial charge in [0.05, 0.1) is 30.0 Å². The standard InChI is InChI=1S/C26H27ClN6O3/c1-3-16-5-4-9-32(24(16)34)18-6-7-20(22(27)12-18)21-11-17-13-30-26(28-2)31-23(17)33(25(21)35)15-19-14-29-8-10-36-19/h4-7,9,11-13,19,29H,3,8,10,14-15H2,1-2H3,(H,28,30,31)/t19-/m1/s1. The molecular formula is C26H27ClN6O3. The lowest BCUT2D eigenvalue weighted by Crippen LogP contribution is -2.42. The van der Waals surface area contributed by atoms with Crippen molar-refractivity contribution >= 4 is 28.6 Å². The number of halogens is 1. The molecule has 0 unspecified atom stereocenters. The highest BCUT2D eigenvalue weighted by Crippen LogP contribution is 2.29. The predicted octanol–water partition coefficient (Wildman–Crippen LogP) is 2.86. The average molecular weight is 507 g/mol. The molecular weight excluding hydrogens is 480 g/mol. The Balaban J connectivity index is 1.63. The van der Waals surface area contributed by atoms with E-state index in [0.717, 1.165) is 12.1 Å². The summed E-state index contributed by atoms with van der Waals surface area (Å²) in [5, 5.41) is 7.31. The second-order valence-electron chi connectivity index (χ2n) is 8.62. The second kappa shape index (κ2) is 10.2. The van der Waals surface area contributed by atoms with Crippen molar-refractivity contribution in [3.8, 4) is 16.8 Å². The summed E-state index contributed by atoms with van der Waals surface area (Å²) in [6.07, 6.45) is 3.87. The molecule has 9 nitrogen and oxygen atoms in total. The van der Waals surface area contributed by atoms with Gasteiger partial charge in [-0.1, -0.05) is 30.7 Å². The minimum Gasteiger partial charge on any atom is -0.374 e. The number of rotatable bonds is 6. The normalized spacial score (nSPS) is 15.8. The van der Waals surface area contributed by atoms with Gasteiger partial charge in [0.2, 0.25) is 5.95 Å². The summed E-state index contributed by atoms with van der Waals surface area (Å²) in [5.74, 6) is 0.424. The molecule has 1 aromatic carbocycles. The van der Waals surface area contributed by atoms with E-state index in [1.807, 2.05) is 19.1 Å². The molecule has 3 aromatic heterocycles. The number of morpholine rings is 1. The number of nitrogens with one attached hydrogen (secondary N) is 2. The Morgan fingerprint density at radius 3 is 2.78 bits per heavy atom. The van der Waals surface area contributed by atoms with Crippen molar-refractivity contribution in [2.24, 2.45) is 0 Å². The number of hydrogen-bond acceptors (Lipinski definition) is 7. The van der Waals surface area contributed by atoms with Crippen LogP contribution in [0.3, 0.4) is 0 Å². The van der Waals surface area contributed by atoms with Crippen LogP contribution in [0.5, 0.6) is 0 Å². The van der Waals surface area contributed by atoms with Crippen LogP contribution in [-0.4, -0.2) is 52.0 Å². The zero-order valence-corrected chi connectivity index (χ0v) is 20.9. The molecule has 0 spiro atoms. The van der Waals surface area contributed by atoms with Crippen molar-refractivity contribution in [2.45, 2.75) is 26.0 Å². The topological polar surface area (TPSA) is 103 Å². The van der Waals surface area contributed by atoms with E-state index >= 15 is 0 Å². The highest BCUT2D eigenvalue weighted by Gasteiger charge is 2.20. The van der Waals surface area contributed by atoms with Crippen molar-refractivity contribution in [3.63, 3.8) is 0 Å². The number of anilines is 1. The van der Waals surface area contributed by atoms with Gasteiger partial charge in [0, 0.05) is 54.6 Å². The third kappa shape index (κ3) is 4.53. The van der Waals surface area contributed by atoms with Gasteiger partial charge in [0.25, 0.3) is 11.1 Å². The maximum atomic E-state index is 13.8. The van der Waals surface area contributed by atoms with E-state index in [1.165, 1.54) is 0 Å². The van der Waals surface area contributed by atoms with Gasteiger partial charge in [-0.05, 0) is 30.7 Å². The Morgan fingerprint density at radius 2 is 2.06 bits per heavy atom. The number of benzene rings is 1. The summed E-state index contributed by atoms with van der Waals surface area (Å²) >= 11 is 6.72. The monoisotopic (exact) mass is 506 g/mol. The fraction of sp³-hybridized carbons (Fsp3) is 0.308. The van der Waals surface area contributed by atoms with Crippen molar-refractivity contribution in [3.05, 3.63) is 80.1 Å². The number of ether oxygens (including phenoxy) is 1. The fourth-order valence-electron chi connectivity index (χ4n) is 4.47. The molecule has 0 amide bonds. The minimum atomic E-state index is -0.225. The average Bonchev–Trinajstić information content (AvgIpc) is 2.91. The molecule has 4 aromatic rings. The zero-order chi connectivity index (χ0) is 25.2. The van der Waals surface area contributed by atoms with Crippen LogP contribution < -0.4 is 21.8 Å². The van der Waals surface area contributed by atoms with Gasteiger partial charge >= 0.3 is 0 Å². The molecule has 1 aliphatic heterocycles. The fourth-order valence-corrected chi connectivity index (χ4v) is 4.74. The predicted molar refractivity (Wildman–Crippen MR) is 141 cm³/mol. The van der Waals surface area contributed by atoms with Gasteiger partial charge in [-0.2, -0.15) is 4.98 Å². The number of pyridine rings is 2. The van der Waals surface area contributed by atoms with E-state index in [9.17, 15) is 9.59 Å². The Morgan fingerprint density at radius 1 is 1.19 bits per heavy atom. The van der Waals surface area contributed by atoms with Crippen LogP contribution in [0.25, 0.3) is 27.8 Å². The molecule has 5 rings (SSSR count). The van der Waals surface area contributed by atoms with E-state index in [2.05, 4.69) is 20.6 Å². The SMILES string of the molecule is CCc1cccn(-c2ccc(-c3cc4cnc(NC)nc4n(C[C@H]4CNCCO4)c3=O)c(Cl)c2)c1=O. The Labute approximate surface area is 212 Å². The number of nitrogens with zero attached hydrogens (tertiary/aromatic N) is 4. The molecule has 1 aliphatic rings. The summed E-state index contributed by atoms with van der Waals surface area (Å²) in [6.45, 7) is 4.29. The molecule has 4 heterocycles. The van der Waals surface area contributed by atoms with Crippen LogP contribution in [0.1, 0.15) is 12.5 Å². The lowest BCUT2D eigenvalue weighted by atomic mass is 10.0. The lowest BCUT2D eigenvalue weighted by Gasteiger charge is -2.25. The van der Waals surface area contributed by atoms with Gasteiger partial charge in [-0.3, -0.25) is 18.7 Å². The smallest absolute Gasteiger partial charge is 0.260 e. The summed E-state index contributed by atoms with van der Waals surface area (Å²) in [7, 11) is 1.73. The number of hydrogen-bond donors (Lipinski definition) is 2. The zero-order valence-electron chi connectivity index (χ0n) is 20.1. The summed E-state index contributed by atoms with van der Waals surface area (Å²) in [4.78, 5) is 35.5. The first-order chi connectivity index (χ1) is 17.5. The first-order valence-electron chi connectivity index (χ1n) is 11.9. The molecule has 1 atom stereocenters. The van der Waals surface area contributed by atoms with Gasteiger partial charge in [-0.25, -0.2) is 4.98 Å². The summed E-state index contributed by atoms with van der Waals surface area (Å²) in [6, 6.07) is 10.7. The van der Waals surface area contributed by atoms with Gasteiger partial charge in [-0.15, -0.1) is 0 Å². The summed E-state index contributed by atoms with van der Waals surface area (Å²) < 4.78 is 9.06. The van der Waals surface area contributed by atoms with Crippen molar-refractivity contribution in [1.82, 2.24) is 24.4 Å². The third-order valence-electron chi connectivity index (χ3n) is 6.37. The van der Waals surface area contributed by atoms with Gasteiger partial charge in [0.1, 0.15) is 5.65 Å². The van der Waals surface area contributed by atoms with Crippen molar-refractivity contribution in [2.75, 3.05) is 32.1 Å². The van der Waals surface area contributed by atoms with E-state index in [4.69, 9.17) is 16.3 Å². The van der Waals surface area contributed by atoms with Gasteiger partial charge < -0.3 is 15.4 Å². The van der Waals surface area contributed by atoms with E-state index in [1.54, 1.807) is 52.8 Å². The van der Waals surface area contributed by atoms with E-state index < -0.39 is 0 Å². The molecule has 0 saturated carbocycles. The maximum absolute atomic E-state index is 13.8.